The van der Waals surface area contributed by atoms with Crippen LogP contribution in [0.3, 0.4) is 0 Å². The fraction of sp³-hybridized carbons (Fsp3) is 0.500. The van der Waals surface area contributed by atoms with Crippen molar-refractivity contribution in [2.24, 2.45) is 0 Å². The molecule has 1 rings (SSSR count). The van der Waals surface area contributed by atoms with Gasteiger partial charge in [0.1, 0.15) is 0 Å². The van der Waals surface area contributed by atoms with Crippen molar-refractivity contribution < 1.29 is 9.90 Å². The van der Waals surface area contributed by atoms with Gasteiger partial charge in [-0.25, -0.2) is 0 Å². The largest absolute Gasteiger partial charge is 0.481 e. The zero-order valence-corrected chi connectivity index (χ0v) is 9.59. The molecule has 88 valence electrons. The van der Waals surface area contributed by atoms with Crippen molar-refractivity contribution in [2.45, 2.75) is 19.8 Å². The Labute approximate surface area is 95.9 Å². The lowest BCUT2D eigenvalue weighted by atomic mass is 10.2. The van der Waals surface area contributed by atoms with E-state index in [1.54, 1.807) is 6.20 Å². The molecular formula is C12H18N2O2. The normalized spacial score (nSPS) is 10.6. The van der Waals surface area contributed by atoms with Crippen LogP contribution in [0.2, 0.25) is 0 Å². The first-order valence-electron chi connectivity index (χ1n) is 5.56. The van der Waals surface area contributed by atoms with Crippen molar-refractivity contribution in [3.05, 3.63) is 30.1 Å². The Kier molecular flexibility index (Phi) is 5.50. The fourth-order valence-corrected chi connectivity index (χ4v) is 1.50. The van der Waals surface area contributed by atoms with Crippen LogP contribution in [0, 0.1) is 0 Å². The van der Waals surface area contributed by atoms with Crippen molar-refractivity contribution in [1.29, 1.82) is 0 Å². The van der Waals surface area contributed by atoms with Gasteiger partial charge in [-0.15, -0.1) is 0 Å². The molecule has 0 fully saturated rings. The molecule has 0 saturated carbocycles. The van der Waals surface area contributed by atoms with E-state index >= 15 is 0 Å². The highest BCUT2D eigenvalue weighted by atomic mass is 16.4. The van der Waals surface area contributed by atoms with Crippen LogP contribution in [0.5, 0.6) is 0 Å². The third-order valence-electron chi connectivity index (χ3n) is 2.50. The molecule has 0 unspecified atom stereocenters. The van der Waals surface area contributed by atoms with Crippen LogP contribution in [0.1, 0.15) is 19.0 Å². The molecule has 0 aromatic carbocycles. The third kappa shape index (κ3) is 4.89. The molecule has 0 radical (unpaired) electrons. The van der Waals surface area contributed by atoms with Gasteiger partial charge >= 0.3 is 5.97 Å². The number of likely N-dealkylation sites (N-methyl/N-ethyl adjacent to an activating group) is 1. The number of carboxylic acid groups (broad SMARTS) is 1. The molecular weight excluding hydrogens is 204 g/mol. The van der Waals surface area contributed by atoms with Gasteiger partial charge in [0.25, 0.3) is 0 Å². The summed E-state index contributed by atoms with van der Waals surface area (Å²) in [5.74, 6) is -0.740. The number of hydrogen-bond donors (Lipinski definition) is 1. The van der Waals surface area contributed by atoms with Crippen LogP contribution in [0.4, 0.5) is 0 Å². The van der Waals surface area contributed by atoms with Crippen LogP contribution in [0.25, 0.3) is 0 Å². The maximum atomic E-state index is 10.5. The van der Waals surface area contributed by atoms with Gasteiger partial charge in [-0.3, -0.25) is 9.78 Å². The van der Waals surface area contributed by atoms with Crippen molar-refractivity contribution in [3.8, 4) is 0 Å². The molecule has 0 bridgehead atoms. The Bertz CT molecular complexity index is 314. The molecule has 1 aromatic rings. The minimum atomic E-state index is -0.740. The lowest BCUT2D eigenvalue weighted by Gasteiger charge is -2.18. The Morgan fingerprint density at radius 3 is 2.81 bits per heavy atom. The fourth-order valence-electron chi connectivity index (χ4n) is 1.50. The third-order valence-corrected chi connectivity index (χ3v) is 2.50. The summed E-state index contributed by atoms with van der Waals surface area (Å²) in [4.78, 5) is 16.8. The van der Waals surface area contributed by atoms with Gasteiger partial charge in [0.05, 0.1) is 6.42 Å². The molecule has 0 spiro atoms. The monoisotopic (exact) mass is 222 g/mol. The Morgan fingerprint density at radius 2 is 2.25 bits per heavy atom. The topological polar surface area (TPSA) is 53.4 Å². The molecule has 0 aliphatic rings. The molecule has 0 aliphatic carbocycles. The SMILES string of the molecule is CCN(CCC(=O)O)CCc1ccccn1. The average molecular weight is 222 g/mol. The molecule has 4 nitrogen and oxygen atoms in total. The summed E-state index contributed by atoms with van der Waals surface area (Å²) < 4.78 is 0. The van der Waals surface area contributed by atoms with E-state index < -0.39 is 5.97 Å². The van der Waals surface area contributed by atoms with Gasteiger partial charge in [0.2, 0.25) is 0 Å². The minimum Gasteiger partial charge on any atom is -0.481 e. The van der Waals surface area contributed by atoms with Crippen molar-refractivity contribution in [2.75, 3.05) is 19.6 Å². The summed E-state index contributed by atoms with van der Waals surface area (Å²) in [6.07, 6.45) is 2.85. The van der Waals surface area contributed by atoms with E-state index in [9.17, 15) is 4.79 Å². The molecule has 4 heteroatoms. The number of carbonyl (C=O) groups is 1. The molecule has 1 N–H and O–H groups in total. The second-order valence-corrected chi connectivity index (χ2v) is 3.65. The number of aromatic nitrogens is 1. The molecule has 0 amide bonds. The van der Waals surface area contributed by atoms with Gasteiger partial charge in [-0.2, -0.15) is 0 Å². The summed E-state index contributed by atoms with van der Waals surface area (Å²) in [5.41, 5.74) is 1.05. The highest BCUT2D eigenvalue weighted by Gasteiger charge is 2.05. The summed E-state index contributed by atoms with van der Waals surface area (Å²) in [7, 11) is 0. The predicted octanol–water partition coefficient (Wildman–Crippen LogP) is 1.42. The lowest BCUT2D eigenvalue weighted by molar-refractivity contribution is -0.137. The van der Waals surface area contributed by atoms with E-state index in [4.69, 9.17) is 5.11 Å². The summed E-state index contributed by atoms with van der Waals surface area (Å²) in [6, 6.07) is 5.85. The summed E-state index contributed by atoms with van der Waals surface area (Å²) in [5, 5.41) is 8.60. The van der Waals surface area contributed by atoms with Crippen molar-refractivity contribution in [3.63, 3.8) is 0 Å². The average Bonchev–Trinajstić information content (AvgIpc) is 2.30. The van der Waals surface area contributed by atoms with Crippen molar-refractivity contribution >= 4 is 5.97 Å². The second kappa shape index (κ2) is 6.95. The first-order chi connectivity index (χ1) is 7.72. The number of rotatable bonds is 7. The number of hydrogen-bond acceptors (Lipinski definition) is 3. The maximum absolute atomic E-state index is 10.5. The van der Waals surface area contributed by atoms with Crippen LogP contribution < -0.4 is 0 Å². The predicted molar refractivity (Wildman–Crippen MR) is 62.3 cm³/mol. The Hall–Kier alpha value is -1.42. The van der Waals surface area contributed by atoms with Crippen molar-refractivity contribution in [1.82, 2.24) is 9.88 Å². The molecule has 0 aliphatic heterocycles. The lowest BCUT2D eigenvalue weighted by Crippen LogP contribution is -2.28. The van der Waals surface area contributed by atoms with Gasteiger partial charge in [-0.1, -0.05) is 13.0 Å². The quantitative estimate of drug-likeness (QED) is 0.758. The van der Waals surface area contributed by atoms with E-state index in [0.29, 0.717) is 6.54 Å². The van der Waals surface area contributed by atoms with E-state index in [1.807, 2.05) is 25.1 Å². The van der Waals surface area contributed by atoms with Gasteiger partial charge < -0.3 is 10.0 Å². The second-order valence-electron chi connectivity index (χ2n) is 3.65. The Balaban J connectivity index is 2.31. The van der Waals surface area contributed by atoms with E-state index in [-0.39, 0.29) is 6.42 Å². The molecule has 1 heterocycles. The first-order valence-corrected chi connectivity index (χ1v) is 5.56. The number of nitrogens with zero attached hydrogens (tertiary/aromatic N) is 2. The minimum absolute atomic E-state index is 0.204. The smallest absolute Gasteiger partial charge is 0.304 e. The van der Waals surface area contributed by atoms with Gasteiger partial charge in [-0.05, 0) is 18.7 Å². The number of carboxylic acids is 1. The number of pyridine rings is 1. The standard InChI is InChI=1S/C12H18N2O2/c1-2-14(10-7-12(15)16)9-6-11-5-3-4-8-13-11/h3-5,8H,2,6-7,9-10H2,1H3,(H,15,16). The first kappa shape index (κ1) is 12.6. The maximum Gasteiger partial charge on any atom is 0.304 e. The molecule has 1 aromatic heterocycles. The molecule has 0 saturated heterocycles. The van der Waals surface area contributed by atoms with Crippen LogP contribution in [0.15, 0.2) is 24.4 Å². The zero-order chi connectivity index (χ0) is 11.8. The van der Waals surface area contributed by atoms with Crippen LogP contribution in [-0.4, -0.2) is 40.6 Å². The van der Waals surface area contributed by atoms with E-state index in [2.05, 4.69) is 9.88 Å². The molecule has 16 heavy (non-hydrogen) atoms. The zero-order valence-electron chi connectivity index (χ0n) is 9.59. The highest BCUT2D eigenvalue weighted by molar-refractivity contribution is 5.66. The van der Waals surface area contributed by atoms with Crippen LogP contribution >= 0.6 is 0 Å². The summed E-state index contributed by atoms with van der Waals surface area (Å²) in [6.45, 7) is 4.39. The van der Waals surface area contributed by atoms with Gasteiger partial charge in [0.15, 0.2) is 0 Å². The van der Waals surface area contributed by atoms with E-state index in [1.165, 1.54) is 0 Å². The summed E-state index contributed by atoms with van der Waals surface area (Å²) >= 11 is 0. The van der Waals surface area contributed by atoms with E-state index in [0.717, 1.165) is 25.2 Å². The number of aliphatic carboxylic acids is 1. The molecule has 0 atom stereocenters. The van der Waals surface area contributed by atoms with Crippen LogP contribution in [-0.2, 0) is 11.2 Å². The Morgan fingerprint density at radius 1 is 1.44 bits per heavy atom. The van der Waals surface area contributed by atoms with Gasteiger partial charge in [0, 0.05) is 31.4 Å². The highest BCUT2D eigenvalue weighted by Crippen LogP contribution is 1.98.